The Morgan fingerprint density at radius 3 is 2.59 bits per heavy atom. The highest BCUT2D eigenvalue weighted by Crippen LogP contribution is 2.66. The minimum absolute atomic E-state index is 0.0100. The molecule has 0 N–H and O–H groups in total. The molecule has 0 unspecified atom stereocenters. The lowest BCUT2D eigenvalue weighted by molar-refractivity contribution is 0.0108. The first-order valence-corrected chi connectivity index (χ1v) is 16.9. The lowest BCUT2D eigenvalue weighted by Gasteiger charge is -2.38. The zero-order valence-corrected chi connectivity index (χ0v) is 24.5. The molecule has 1 aliphatic heterocycles. The van der Waals surface area contributed by atoms with E-state index in [0.717, 1.165) is 12.1 Å². The van der Waals surface area contributed by atoms with Crippen LogP contribution >= 0.6 is 11.8 Å². The predicted octanol–water partition coefficient (Wildman–Crippen LogP) is 5.86. The Kier molecular flexibility index (Phi) is 8.93. The summed E-state index contributed by atoms with van der Waals surface area (Å²) in [5, 5.41) is 0.182. The van der Waals surface area contributed by atoms with Crippen LogP contribution in [-0.4, -0.2) is 74.6 Å². The largest absolute Gasteiger partial charge is 0.443 e. The van der Waals surface area contributed by atoms with E-state index in [1.54, 1.807) is 27.9 Å². The van der Waals surface area contributed by atoms with E-state index in [4.69, 9.17) is 19.2 Å². The van der Waals surface area contributed by atoms with Crippen LogP contribution in [0, 0.1) is 11.7 Å². The first-order chi connectivity index (χ1) is 17.2. The van der Waals surface area contributed by atoms with Gasteiger partial charge in [0.15, 0.2) is 5.17 Å². The van der Waals surface area contributed by atoms with Crippen LogP contribution in [-0.2, 0) is 19.7 Å². The van der Waals surface area contributed by atoms with E-state index >= 15 is 8.78 Å². The van der Waals surface area contributed by atoms with Gasteiger partial charge >= 0.3 is 6.09 Å². The zero-order chi connectivity index (χ0) is 27.6. The summed E-state index contributed by atoms with van der Waals surface area (Å²) in [6.45, 7) is 11.5. The highest BCUT2D eigenvalue weighted by atomic mass is 32.2. The van der Waals surface area contributed by atoms with Crippen LogP contribution < -0.4 is 0 Å². The van der Waals surface area contributed by atoms with E-state index in [2.05, 4.69) is 19.6 Å². The molecule has 1 saturated carbocycles. The molecule has 7 nitrogen and oxygen atoms in total. The molecule has 2 aliphatic rings. The molecule has 0 radical (unpaired) electrons. The number of ether oxygens (including phenoxy) is 3. The number of benzene rings is 1. The first-order valence-electron chi connectivity index (χ1n) is 12.4. The smallest absolute Gasteiger partial charge is 0.418 e. The maximum Gasteiger partial charge on any atom is 0.418 e. The van der Waals surface area contributed by atoms with E-state index < -0.39 is 42.5 Å². The van der Waals surface area contributed by atoms with Gasteiger partial charge in [-0.3, -0.25) is 4.79 Å². The number of fused-ring (bicyclic) bond motifs is 1. The van der Waals surface area contributed by atoms with Gasteiger partial charge < -0.3 is 14.2 Å². The summed E-state index contributed by atoms with van der Waals surface area (Å²) in [4.78, 5) is 30.8. The number of hydrogen-bond donors (Lipinski definition) is 0. The van der Waals surface area contributed by atoms with E-state index in [-0.39, 0.29) is 35.6 Å². The summed E-state index contributed by atoms with van der Waals surface area (Å²) in [5.74, 6) is -1.05. The van der Waals surface area contributed by atoms with E-state index in [0.29, 0.717) is 19.3 Å². The molecule has 1 aliphatic carbocycles. The topological polar surface area (TPSA) is 77.4 Å². The van der Waals surface area contributed by atoms with Crippen LogP contribution in [0.3, 0.4) is 0 Å². The van der Waals surface area contributed by atoms with Gasteiger partial charge in [-0.15, -0.1) is 0 Å². The third-order valence-corrected chi connectivity index (χ3v) is 9.61. The van der Waals surface area contributed by atoms with Gasteiger partial charge in [0, 0.05) is 38.8 Å². The lowest BCUT2D eigenvalue weighted by Crippen LogP contribution is -2.47. The number of alkyl halides is 1. The molecule has 1 fully saturated rings. The van der Waals surface area contributed by atoms with Crippen molar-refractivity contribution < 1.29 is 32.6 Å². The number of rotatable bonds is 10. The molecule has 3 rings (SSSR count). The SMILES string of the molecule is COC[C@]12C[C@H]1[C@@](CF)(c1cc(C=O)ccc1F)N=C(N(COCC[Si](C)(C)C)C(=O)OC(C)(C)C)S2. The van der Waals surface area contributed by atoms with Crippen molar-refractivity contribution in [3.05, 3.63) is 35.1 Å². The molecule has 37 heavy (non-hydrogen) atoms. The van der Waals surface area contributed by atoms with Crippen molar-refractivity contribution in [2.75, 3.05) is 33.7 Å². The minimum Gasteiger partial charge on any atom is -0.443 e. The van der Waals surface area contributed by atoms with Crippen molar-refractivity contribution in [1.29, 1.82) is 0 Å². The fraction of sp³-hybridized carbons (Fsp3) is 0.654. The summed E-state index contributed by atoms with van der Waals surface area (Å²) in [5.41, 5.74) is -2.21. The molecule has 3 atom stereocenters. The molecule has 0 spiro atoms. The number of aliphatic imine (C=N–C) groups is 1. The Morgan fingerprint density at radius 2 is 2.03 bits per heavy atom. The van der Waals surface area contributed by atoms with Crippen LogP contribution in [0.5, 0.6) is 0 Å². The number of thioether (sulfide) groups is 1. The van der Waals surface area contributed by atoms with Crippen LogP contribution in [0.25, 0.3) is 0 Å². The first kappa shape index (κ1) is 29.7. The van der Waals surface area contributed by atoms with Crippen LogP contribution in [0.2, 0.25) is 25.7 Å². The third-order valence-electron chi connectivity index (χ3n) is 6.44. The van der Waals surface area contributed by atoms with Crippen molar-refractivity contribution >= 4 is 37.4 Å². The van der Waals surface area contributed by atoms with Crippen LogP contribution in [0.4, 0.5) is 13.6 Å². The highest BCUT2D eigenvalue weighted by Gasteiger charge is 2.69. The van der Waals surface area contributed by atoms with Crippen molar-refractivity contribution in [3.8, 4) is 0 Å². The molecule has 0 bridgehead atoms. The van der Waals surface area contributed by atoms with Gasteiger partial charge in [-0.25, -0.2) is 23.5 Å². The minimum atomic E-state index is -1.62. The number of carbonyl (C=O) groups excluding carboxylic acids is 2. The number of halogens is 2. The van der Waals surface area contributed by atoms with Gasteiger partial charge in [0.2, 0.25) is 0 Å². The predicted molar refractivity (Wildman–Crippen MR) is 144 cm³/mol. The summed E-state index contributed by atoms with van der Waals surface area (Å²) in [6.07, 6.45) is 0.408. The molecule has 206 valence electrons. The van der Waals surface area contributed by atoms with Gasteiger partial charge in [-0.05, 0) is 51.4 Å². The summed E-state index contributed by atoms with van der Waals surface area (Å²) >= 11 is 1.31. The maximum atomic E-state index is 15.2. The lowest BCUT2D eigenvalue weighted by atomic mass is 9.84. The van der Waals surface area contributed by atoms with E-state index in [1.165, 1.54) is 28.8 Å². The molecule has 1 aromatic carbocycles. The number of aldehydes is 1. The average Bonchev–Trinajstić information content (AvgIpc) is 3.51. The highest BCUT2D eigenvalue weighted by molar-refractivity contribution is 8.15. The molecule has 1 amide bonds. The van der Waals surface area contributed by atoms with Crippen molar-refractivity contribution in [1.82, 2.24) is 4.90 Å². The molecule has 1 heterocycles. The molecule has 1 aromatic rings. The summed E-state index contributed by atoms with van der Waals surface area (Å²) in [6, 6.07) is 4.73. The van der Waals surface area contributed by atoms with Gasteiger partial charge in [-0.2, -0.15) is 0 Å². The second-order valence-corrected chi connectivity index (χ2v) is 18.9. The normalized spacial score (nSPS) is 25.2. The van der Waals surface area contributed by atoms with Gasteiger partial charge in [0.05, 0.1) is 11.4 Å². The maximum absolute atomic E-state index is 15.2. The van der Waals surface area contributed by atoms with Gasteiger partial charge in [0.1, 0.15) is 36.6 Å². The Bertz CT molecular complexity index is 1040. The van der Waals surface area contributed by atoms with Gasteiger partial charge in [0.25, 0.3) is 0 Å². The quantitative estimate of drug-likeness (QED) is 0.156. The molecular weight excluding hydrogens is 518 g/mol. The number of amidine groups is 1. The fourth-order valence-corrected chi connectivity index (χ4v) is 6.76. The average molecular weight is 557 g/mol. The molecule has 0 saturated heterocycles. The van der Waals surface area contributed by atoms with E-state index in [9.17, 15) is 9.59 Å². The molecule has 11 heteroatoms. The standard InChI is InChI=1S/C26H38F2N2O5SSi/c1-24(2,3)35-23(32)30(17-34-10-11-37(5,6)7)22-29-26(15-27,21-13-25(21,36-22)16-33-4)19-12-18(14-31)8-9-20(19)28/h8-9,12,14,21H,10-11,13,15-17H2,1-7H3/t21-,25-,26-/m1/s1. The number of methoxy groups -OCH3 is 1. The van der Waals surface area contributed by atoms with Crippen molar-refractivity contribution in [3.63, 3.8) is 0 Å². The Morgan fingerprint density at radius 1 is 1.32 bits per heavy atom. The second-order valence-electron chi connectivity index (χ2n) is 11.9. The number of carbonyl (C=O) groups is 2. The van der Waals surface area contributed by atoms with E-state index in [1.807, 2.05) is 0 Å². The zero-order valence-electron chi connectivity index (χ0n) is 22.7. The fourth-order valence-electron chi connectivity index (χ4n) is 4.43. The number of nitrogens with zero attached hydrogens (tertiary/aromatic N) is 2. The Labute approximate surface area is 223 Å². The van der Waals surface area contributed by atoms with Crippen molar-refractivity contribution in [2.24, 2.45) is 10.9 Å². The number of amides is 1. The Balaban J connectivity index is 2.07. The molecule has 0 aromatic heterocycles. The Hall–Kier alpha value is -1.82. The van der Waals surface area contributed by atoms with Gasteiger partial charge in [-0.1, -0.05) is 31.4 Å². The number of hydrogen-bond acceptors (Lipinski definition) is 7. The third kappa shape index (κ3) is 6.79. The van der Waals surface area contributed by atoms with Crippen molar-refractivity contribution in [2.45, 2.75) is 68.8 Å². The summed E-state index contributed by atoms with van der Waals surface area (Å²) < 4.78 is 46.7. The summed E-state index contributed by atoms with van der Waals surface area (Å²) in [7, 11) is 0.167. The second kappa shape index (κ2) is 11.1. The van der Waals surface area contributed by atoms with Crippen LogP contribution in [0.15, 0.2) is 23.2 Å². The monoisotopic (exact) mass is 556 g/mol. The van der Waals surface area contributed by atoms with Crippen LogP contribution in [0.1, 0.15) is 43.1 Å². The molecular formula is C26H38F2N2O5SSi.